The van der Waals surface area contributed by atoms with E-state index in [4.69, 9.17) is 15.1 Å². The molecule has 2 aliphatic rings. The van der Waals surface area contributed by atoms with Gasteiger partial charge in [-0.3, -0.25) is 24.9 Å². The lowest BCUT2D eigenvalue weighted by Crippen LogP contribution is -2.50. The number of rotatable bonds is 11. The third-order valence-electron chi connectivity index (χ3n) is 6.44. The van der Waals surface area contributed by atoms with Gasteiger partial charge in [0, 0.05) is 44.5 Å². The summed E-state index contributed by atoms with van der Waals surface area (Å²) in [5.41, 5.74) is 7.01. The average molecular weight is 529 g/mol. The van der Waals surface area contributed by atoms with Gasteiger partial charge in [-0.15, -0.1) is 0 Å². The van der Waals surface area contributed by atoms with Crippen molar-refractivity contribution in [2.45, 2.75) is 24.0 Å². The minimum atomic E-state index is -3.69. The number of nitrogens with one attached hydrogen (secondary N) is 1. The van der Waals surface area contributed by atoms with Crippen LogP contribution in [0.15, 0.2) is 69.9 Å². The number of aliphatic carboxylic acids is 1. The van der Waals surface area contributed by atoms with Gasteiger partial charge in [-0.1, -0.05) is 36.4 Å². The molecule has 11 nitrogen and oxygen atoms in total. The molecule has 1 fully saturated rings. The van der Waals surface area contributed by atoms with E-state index >= 15 is 0 Å². The maximum Gasteiger partial charge on any atom is 0.317 e. The third kappa shape index (κ3) is 7.66. The highest BCUT2D eigenvalue weighted by molar-refractivity contribution is 7.89. The minimum Gasteiger partial charge on any atom is -0.480 e. The Morgan fingerprint density at radius 3 is 2.46 bits per heavy atom. The molecular weight excluding hydrogens is 496 g/mol. The standard InChI is InChI=1S/C25H32N6O5S/c26-37(34,35)21-7-5-19(6-8-21)9-10-27-28-15-20-3-1-2-4-22(20)23-16-29-36-24(23)17-30-11-13-31(14-12-30)18-25(32)33/h1-8,16,24,29H,9-15,17-18H2,(H,32,33)(H2,26,34,35). The van der Waals surface area contributed by atoms with Crippen molar-refractivity contribution in [3.8, 4) is 0 Å². The summed E-state index contributed by atoms with van der Waals surface area (Å²) < 4.78 is 22.7. The van der Waals surface area contributed by atoms with Crippen molar-refractivity contribution >= 4 is 21.6 Å². The Hall–Kier alpha value is -3.16. The topological polar surface area (TPSA) is 150 Å². The summed E-state index contributed by atoms with van der Waals surface area (Å²) in [7, 11) is -3.69. The summed E-state index contributed by atoms with van der Waals surface area (Å²) in [6.45, 7) is 4.73. The van der Waals surface area contributed by atoms with Crippen molar-refractivity contribution in [3.05, 3.63) is 71.4 Å². The summed E-state index contributed by atoms with van der Waals surface area (Å²) >= 11 is 0. The molecule has 1 atom stereocenters. The summed E-state index contributed by atoms with van der Waals surface area (Å²) in [6.07, 6.45) is 2.37. The number of piperazine rings is 1. The zero-order valence-electron chi connectivity index (χ0n) is 20.5. The molecule has 4 rings (SSSR count). The zero-order valence-corrected chi connectivity index (χ0v) is 21.3. The maximum atomic E-state index is 11.4. The van der Waals surface area contributed by atoms with Gasteiger partial charge in [-0.25, -0.2) is 13.6 Å². The van der Waals surface area contributed by atoms with Crippen molar-refractivity contribution in [1.82, 2.24) is 15.3 Å². The van der Waals surface area contributed by atoms with Crippen LogP contribution in [0.25, 0.3) is 5.57 Å². The highest BCUT2D eigenvalue weighted by Gasteiger charge is 2.28. The molecule has 12 heteroatoms. The number of hydrogen-bond donors (Lipinski definition) is 3. The number of sulfonamides is 1. The van der Waals surface area contributed by atoms with Crippen LogP contribution < -0.4 is 10.6 Å². The van der Waals surface area contributed by atoms with Crippen LogP contribution in [0.3, 0.4) is 0 Å². The lowest BCUT2D eigenvalue weighted by atomic mass is 9.96. The summed E-state index contributed by atoms with van der Waals surface area (Å²) in [5.74, 6) is -0.797. The number of carboxylic acids is 1. The Kier molecular flexibility index (Phi) is 9.00. The van der Waals surface area contributed by atoms with Gasteiger partial charge in [-0.2, -0.15) is 10.2 Å². The normalized spacial score (nSPS) is 19.2. The first-order valence-electron chi connectivity index (χ1n) is 12.1. The van der Waals surface area contributed by atoms with Crippen LogP contribution in [0.5, 0.6) is 0 Å². The summed E-state index contributed by atoms with van der Waals surface area (Å²) in [5, 5.41) is 22.8. The van der Waals surface area contributed by atoms with Crippen LogP contribution in [0.4, 0.5) is 0 Å². The Labute approximate surface area is 216 Å². The van der Waals surface area contributed by atoms with Crippen LogP contribution in [-0.4, -0.2) is 81.2 Å². The first kappa shape index (κ1) is 26.9. The van der Waals surface area contributed by atoms with E-state index in [1.165, 1.54) is 12.1 Å². The highest BCUT2D eigenvalue weighted by atomic mass is 32.2. The van der Waals surface area contributed by atoms with E-state index in [9.17, 15) is 13.2 Å². The minimum absolute atomic E-state index is 0.0767. The zero-order chi connectivity index (χ0) is 26.3. The number of nitrogens with zero attached hydrogens (tertiary/aromatic N) is 4. The molecule has 2 aliphatic heterocycles. The first-order chi connectivity index (χ1) is 17.8. The molecule has 0 radical (unpaired) electrons. The number of hydrogen-bond acceptors (Lipinski definition) is 9. The number of nitrogens with two attached hydrogens (primary N) is 1. The van der Waals surface area contributed by atoms with Crippen LogP contribution in [0.2, 0.25) is 0 Å². The molecule has 37 heavy (non-hydrogen) atoms. The van der Waals surface area contributed by atoms with E-state index in [0.717, 1.165) is 48.4 Å². The van der Waals surface area contributed by atoms with Gasteiger partial charge in [0.2, 0.25) is 10.0 Å². The predicted octanol–water partition coefficient (Wildman–Crippen LogP) is 1.48. The molecule has 1 unspecified atom stereocenters. The fraction of sp³-hybridized carbons (Fsp3) is 0.400. The van der Waals surface area contributed by atoms with Crippen molar-refractivity contribution in [1.29, 1.82) is 0 Å². The number of primary sulfonamides is 1. The van der Waals surface area contributed by atoms with Crippen LogP contribution in [0, 0.1) is 0 Å². The molecule has 0 amide bonds. The van der Waals surface area contributed by atoms with Crippen LogP contribution >= 0.6 is 0 Å². The molecule has 0 saturated carbocycles. The van der Waals surface area contributed by atoms with Gasteiger partial charge in [0.05, 0.1) is 24.5 Å². The first-order valence-corrected chi connectivity index (χ1v) is 13.7. The van der Waals surface area contributed by atoms with E-state index in [-0.39, 0.29) is 17.5 Å². The average Bonchev–Trinajstić information content (AvgIpc) is 3.32. The second kappa shape index (κ2) is 12.4. The van der Waals surface area contributed by atoms with Crippen molar-refractivity contribution < 1.29 is 23.2 Å². The van der Waals surface area contributed by atoms with Gasteiger partial charge in [0.15, 0.2) is 0 Å². The number of benzene rings is 2. The molecule has 2 heterocycles. The molecular formula is C25H32N6O5S. The van der Waals surface area contributed by atoms with Gasteiger partial charge in [0.1, 0.15) is 6.10 Å². The van der Waals surface area contributed by atoms with Crippen molar-refractivity contribution in [2.75, 3.05) is 45.8 Å². The van der Waals surface area contributed by atoms with Crippen molar-refractivity contribution in [3.63, 3.8) is 0 Å². The summed E-state index contributed by atoms with van der Waals surface area (Å²) in [4.78, 5) is 21.1. The Morgan fingerprint density at radius 1 is 1.05 bits per heavy atom. The smallest absolute Gasteiger partial charge is 0.317 e. The second-order valence-electron chi connectivity index (χ2n) is 9.06. The Bertz CT molecular complexity index is 1240. The van der Waals surface area contributed by atoms with E-state index in [2.05, 4.69) is 26.7 Å². The Morgan fingerprint density at radius 2 is 1.76 bits per heavy atom. The van der Waals surface area contributed by atoms with Crippen LogP contribution in [0.1, 0.15) is 16.7 Å². The number of azo groups is 1. The number of carbonyl (C=O) groups is 1. The lowest BCUT2D eigenvalue weighted by molar-refractivity contribution is -0.138. The van der Waals surface area contributed by atoms with E-state index in [1.54, 1.807) is 12.1 Å². The molecule has 198 valence electrons. The fourth-order valence-electron chi connectivity index (χ4n) is 4.44. The van der Waals surface area contributed by atoms with Gasteiger partial charge in [0.25, 0.3) is 0 Å². The quantitative estimate of drug-likeness (QED) is 0.371. The molecule has 1 saturated heterocycles. The fourth-order valence-corrected chi connectivity index (χ4v) is 4.96. The molecule has 4 N–H and O–H groups in total. The molecule has 2 aromatic rings. The molecule has 2 aromatic carbocycles. The third-order valence-corrected chi connectivity index (χ3v) is 7.37. The number of hydroxylamine groups is 1. The van der Waals surface area contributed by atoms with Gasteiger partial charge in [-0.05, 0) is 35.2 Å². The van der Waals surface area contributed by atoms with E-state index < -0.39 is 16.0 Å². The highest BCUT2D eigenvalue weighted by Crippen LogP contribution is 2.28. The van der Waals surface area contributed by atoms with E-state index in [0.29, 0.717) is 26.1 Å². The Balaban J connectivity index is 1.30. The second-order valence-corrected chi connectivity index (χ2v) is 10.6. The lowest BCUT2D eigenvalue weighted by Gasteiger charge is -2.35. The predicted molar refractivity (Wildman–Crippen MR) is 138 cm³/mol. The van der Waals surface area contributed by atoms with Crippen molar-refractivity contribution in [2.24, 2.45) is 15.4 Å². The van der Waals surface area contributed by atoms with Crippen LogP contribution in [-0.2, 0) is 32.6 Å². The summed E-state index contributed by atoms with van der Waals surface area (Å²) in [6, 6.07) is 14.5. The number of carboxylic acid groups (broad SMARTS) is 1. The largest absolute Gasteiger partial charge is 0.480 e. The maximum absolute atomic E-state index is 11.4. The van der Waals surface area contributed by atoms with E-state index in [1.807, 2.05) is 29.3 Å². The SMILES string of the molecule is NS(=O)(=O)c1ccc(CCN=NCc2ccccc2C2=CNOC2CN2CCN(CC(=O)O)CC2)cc1. The van der Waals surface area contributed by atoms with Gasteiger partial charge >= 0.3 is 5.97 Å². The van der Waals surface area contributed by atoms with Gasteiger partial charge < -0.3 is 5.11 Å². The monoisotopic (exact) mass is 528 g/mol. The molecule has 0 aliphatic carbocycles. The molecule has 0 aromatic heterocycles. The molecule has 0 spiro atoms. The molecule has 0 bridgehead atoms.